The van der Waals surface area contributed by atoms with Gasteiger partial charge in [-0.05, 0) is 69.6 Å². The van der Waals surface area contributed by atoms with Crippen LogP contribution in [0.4, 0.5) is 4.79 Å². The van der Waals surface area contributed by atoms with Gasteiger partial charge in [0.15, 0.2) is 0 Å². The summed E-state index contributed by atoms with van der Waals surface area (Å²) in [7, 11) is 0. The molecule has 0 aromatic heterocycles. The van der Waals surface area contributed by atoms with E-state index in [9.17, 15) is 14.4 Å². The predicted molar refractivity (Wildman–Crippen MR) is 87.9 cm³/mol. The molecule has 1 heterocycles. The highest BCUT2D eigenvalue weighted by atomic mass is 16.2. The van der Waals surface area contributed by atoms with Crippen molar-refractivity contribution in [3.8, 4) is 0 Å². The molecule has 4 aliphatic rings. The van der Waals surface area contributed by atoms with Crippen molar-refractivity contribution < 1.29 is 14.4 Å². The molecule has 4 atom stereocenters. The van der Waals surface area contributed by atoms with Crippen LogP contribution in [0.3, 0.4) is 0 Å². The van der Waals surface area contributed by atoms with Gasteiger partial charge < -0.3 is 10.6 Å². The topological polar surface area (TPSA) is 87.3 Å². The molecule has 24 heavy (non-hydrogen) atoms. The van der Waals surface area contributed by atoms with Gasteiger partial charge in [-0.2, -0.15) is 0 Å². The summed E-state index contributed by atoms with van der Waals surface area (Å²) in [6.45, 7) is 2.15. The van der Waals surface area contributed by atoms with Crippen molar-refractivity contribution >= 4 is 17.8 Å². The molecule has 3 N–H and O–H groups in total. The molecule has 0 aromatic carbocycles. The smallest absolute Gasteiger partial charge is 0.322 e. The van der Waals surface area contributed by atoms with E-state index in [1.807, 2.05) is 0 Å². The van der Waals surface area contributed by atoms with E-state index < -0.39 is 11.6 Å². The van der Waals surface area contributed by atoms with E-state index in [-0.39, 0.29) is 23.8 Å². The van der Waals surface area contributed by atoms with E-state index in [1.165, 1.54) is 25.7 Å². The Kier molecular flexibility index (Phi) is 3.81. The Hall–Kier alpha value is -1.59. The van der Waals surface area contributed by atoms with Gasteiger partial charge in [-0.15, -0.1) is 0 Å². The van der Waals surface area contributed by atoms with Crippen LogP contribution >= 0.6 is 0 Å². The fourth-order valence-electron chi connectivity index (χ4n) is 5.61. The van der Waals surface area contributed by atoms with Crippen LogP contribution in [0.1, 0.15) is 58.3 Å². The number of imide groups is 1. The molecule has 132 valence electrons. The summed E-state index contributed by atoms with van der Waals surface area (Å²) in [6.07, 6.45) is 7.73. The fourth-order valence-corrected chi connectivity index (χ4v) is 5.61. The molecular formula is C18H27N3O3. The Morgan fingerprint density at radius 3 is 2.46 bits per heavy atom. The zero-order chi connectivity index (χ0) is 16.9. The van der Waals surface area contributed by atoms with Crippen LogP contribution in [0.2, 0.25) is 0 Å². The largest absolute Gasteiger partial charge is 0.353 e. The maximum absolute atomic E-state index is 12.6. The SMILES string of the molecule is C[C@@H](NC(=O)C1CCC2(CC1)NC(=O)NC2=O)[C@@H]1C[C@H]2CC[C@H]1C2. The molecule has 1 spiro atoms. The first-order valence-corrected chi connectivity index (χ1v) is 9.41. The van der Waals surface area contributed by atoms with E-state index >= 15 is 0 Å². The molecule has 2 bridgehead atoms. The van der Waals surface area contributed by atoms with Gasteiger partial charge in [-0.3, -0.25) is 14.9 Å². The average molecular weight is 333 g/mol. The number of hydrogen-bond donors (Lipinski definition) is 3. The summed E-state index contributed by atoms with van der Waals surface area (Å²) in [5, 5.41) is 8.32. The first-order chi connectivity index (χ1) is 11.5. The molecule has 4 amide bonds. The van der Waals surface area contributed by atoms with Crippen molar-refractivity contribution in [2.24, 2.45) is 23.7 Å². The summed E-state index contributed by atoms with van der Waals surface area (Å²) in [4.78, 5) is 36.0. The van der Waals surface area contributed by atoms with Crippen molar-refractivity contribution in [2.45, 2.75) is 69.9 Å². The standard InChI is InChI=1S/C18H27N3O3/c1-10(14-9-11-2-3-13(14)8-11)19-15(22)12-4-6-18(7-5-12)16(23)20-17(24)21-18/h10-14H,2-9H2,1H3,(H,19,22)(H2,20,21,23,24)/t10-,11+,12?,13+,14+,18?/m1/s1. The minimum absolute atomic E-state index is 0.0398. The van der Waals surface area contributed by atoms with E-state index in [4.69, 9.17) is 0 Å². The Labute approximate surface area is 142 Å². The molecule has 6 heteroatoms. The maximum Gasteiger partial charge on any atom is 0.322 e. The molecule has 0 aromatic rings. The minimum Gasteiger partial charge on any atom is -0.353 e. The Bertz CT molecular complexity index is 568. The normalized spacial score (nSPS) is 42.0. The molecule has 1 aliphatic heterocycles. The number of carbonyl (C=O) groups excluding carboxylic acids is 3. The lowest BCUT2D eigenvalue weighted by molar-refractivity contribution is -0.131. The zero-order valence-electron chi connectivity index (χ0n) is 14.3. The molecule has 6 nitrogen and oxygen atoms in total. The number of nitrogens with one attached hydrogen (secondary N) is 3. The third kappa shape index (κ3) is 2.60. The second kappa shape index (κ2) is 5.74. The highest BCUT2D eigenvalue weighted by molar-refractivity contribution is 6.07. The van der Waals surface area contributed by atoms with E-state index in [0.29, 0.717) is 31.6 Å². The molecular weight excluding hydrogens is 306 g/mol. The molecule has 4 rings (SSSR count). The van der Waals surface area contributed by atoms with Gasteiger partial charge in [0.25, 0.3) is 5.91 Å². The summed E-state index contributed by atoms with van der Waals surface area (Å²) in [5.74, 6) is 2.19. The number of fused-ring (bicyclic) bond motifs is 2. The second-order valence-electron chi connectivity index (χ2n) is 8.40. The van der Waals surface area contributed by atoms with Gasteiger partial charge in [0.1, 0.15) is 5.54 Å². The van der Waals surface area contributed by atoms with E-state index in [2.05, 4.69) is 22.9 Å². The number of hydrogen-bond acceptors (Lipinski definition) is 3. The Morgan fingerprint density at radius 1 is 1.17 bits per heavy atom. The van der Waals surface area contributed by atoms with Crippen molar-refractivity contribution in [3.63, 3.8) is 0 Å². The molecule has 0 radical (unpaired) electrons. The summed E-state index contributed by atoms with van der Waals surface area (Å²) >= 11 is 0. The van der Waals surface area contributed by atoms with Gasteiger partial charge in [0.2, 0.25) is 5.91 Å². The third-order valence-electron chi connectivity index (χ3n) is 7.03. The monoisotopic (exact) mass is 333 g/mol. The number of carbonyl (C=O) groups is 3. The first-order valence-electron chi connectivity index (χ1n) is 9.41. The summed E-state index contributed by atoms with van der Waals surface area (Å²) in [6, 6.07) is -0.161. The van der Waals surface area contributed by atoms with Gasteiger partial charge in [0, 0.05) is 12.0 Å². The fraction of sp³-hybridized carbons (Fsp3) is 0.833. The van der Waals surface area contributed by atoms with Crippen LogP contribution in [0.25, 0.3) is 0 Å². The van der Waals surface area contributed by atoms with Crippen LogP contribution in [-0.4, -0.2) is 29.4 Å². The number of urea groups is 1. The highest BCUT2D eigenvalue weighted by Gasteiger charge is 2.49. The number of amides is 4. The quantitative estimate of drug-likeness (QED) is 0.687. The predicted octanol–water partition coefficient (Wildman–Crippen LogP) is 1.70. The maximum atomic E-state index is 12.6. The lowest BCUT2D eigenvalue weighted by Gasteiger charge is -2.35. The second-order valence-corrected chi connectivity index (χ2v) is 8.40. The highest BCUT2D eigenvalue weighted by Crippen LogP contribution is 2.49. The van der Waals surface area contributed by atoms with Crippen LogP contribution in [0.5, 0.6) is 0 Å². The van der Waals surface area contributed by atoms with Crippen molar-refractivity contribution in [3.05, 3.63) is 0 Å². The van der Waals surface area contributed by atoms with Gasteiger partial charge in [-0.25, -0.2) is 4.79 Å². The Morgan fingerprint density at radius 2 is 1.92 bits per heavy atom. The van der Waals surface area contributed by atoms with Crippen LogP contribution in [0, 0.1) is 23.7 Å². The zero-order valence-corrected chi connectivity index (χ0v) is 14.3. The molecule has 1 saturated heterocycles. The lowest BCUT2D eigenvalue weighted by Crippen LogP contribution is -2.51. The van der Waals surface area contributed by atoms with Gasteiger partial charge >= 0.3 is 6.03 Å². The lowest BCUT2D eigenvalue weighted by atomic mass is 9.76. The van der Waals surface area contributed by atoms with Crippen LogP contribution < -0.4 is 16.0 Å². The van der Waals surface area contributed by atoms with Crippen molar-refractivity contribution in [1.82, 2.24) is 16.0 Å². The number of rotatable bonds is 3. The van der Waals surface area contributed by atoms with Crippen LogP contribution in [0.15, 0.2) is 0 Å². The third-order valence-corrected chi connectivity index (χ3v) is 7.03. The van der Waals surface area contributed by atoms with E-state index in [1.54, 1.807) is 0 Å². The molecule has 4 fully saturated rings. The average Bonchev–Trinajstić information content (AvgIpc) is 3.23. The van der Waals surface area contributed by atoms with Gasteiger partial charge in [0.05, 0.1) is 0 Å². The first kappa shape index (κ1) is 15.9. The Balaban J connectivity index is 1.30. The summed E-state index contributed by atoms with van der Waals surface area (Å²) in [5.41, 5.74) is -0.774. The molecule has 3 aliphatic carbocycles. The minimum atomic E-state index is -0.774. The van der Waals surface area contributed by atoms with Crippen molar-refractivity contribution in [1.29, 1.82) is 0 Å². The van der Waals surface area contributed by atoms with Gasteiger partial charge in [-0.1, -0.05) is 6.42 Å². The molecule has 0 unspecified atom stereocenters. The van der Waals surface area contributed by atoms with E-state index in [0.717, 1.165) is 11.8 Å². The van der Waals surface area contributed by atoms with Crippen LogP contribution in [-0.2, 0) is 9.59 Å². The van der Waals surface area contributed by atoms with Crippen molar-refractivity contribution in [2.75, 3.05) is 0 Å². The molecule has 3 saturated carbocycles. The summed E-state index contributed by atoms with van der Waals surface area (Å²) < 4.78 is 0.